The van der Waals surface area contributed by atoms with Crippen LogP contribution in [-0.4, -0.2) is 102 Å². The lowest BCUT2D eigenvalue weighted by Crippen LogP contribution is -2.60. The molecule has 46 heavy (non-hydrogen) atoms. The number of rotatable bonds is 5. The summed E-state index contributed by atoms with van der Waals surface area (Å²) >= 11 is 0. The number of morpholine rings is 1. The predicted octanol–water partition coefficient (Wildman–Crippen LogP) is 4.76. The van der Waals surface area contributed by atoms with Crippen molar-refractivity contribution in [1.82, 2.24) is 4.90 Å². The Morgan fingerprint density at radius 3 is 2.41 bits per heavy atom. The van der Waals surface area contributed by atoms with Crippen molar-refractivity contribution in [2.75, 3.05) is 32.9 Å². The van der Waals surface area contributed by atoms with Crippen LogP contribution in [0, 0.1) is 50.7 Å². The fourth-order valence-electron chi connectivity index (χ4n) is 14.3. The standard InChI is InChI=1S/C38H63NO7/c1-22-18-24(31(40)34(4,5)42)45-30-29(22)35(6)13-14-38-21-37(38)12-10-27(46-28-19-39(15-17-44-28)23-11-16-43-20-23)33(2,3)25(37)8-9-26(38)36(35,7)32(30)41/h22-32,40-42H,8-21H2,1-7H3/t22-,23+,24?,25+,26+,27+,28?,29?,30?,31+,32+,35-,36-,37-,38?/m1/s1. The Labute approximate surface area is 277 Å². The lowest BCUT2D eigenvalue weighted by Gasteiger charge is -2.64. The molecular weight excluding hydrogens is 582 g/mol. The highest BCUT2D eigenvalue weighted by Gasteiger charge is 2.84. The summed E-state index contributed by atoms with van der Waals surface area (Å²) in [6.07, 6.45) is 7.91. The molecule has 8 rings (SSSR count). The highest BCUT2D eigenvalue weighted by atomic mass is 16.7. The Balaban J connectivity index is 1.02. The van der Waals surface area contributed by atoms with Gasteiger partial charge in [0.25, 0.3) is 0 Å². The van der Waals surface area contributed by atoms with E-state index in [4.69, 9.17) is 18.9 Å². The number of nitrogens with zero attached hydrogens (tertiary/aromatic N) is 1. The van der Waals surface area contributed by atoms with Gasteiger partial charge in [-0.2, -0.15) is 0 Å². The van der Waals surface area contributed by atoms with E-state index in [1.54, 1.807) is 13.8 Å². The van der Waals surface area contributed by atoms with Crippen LogP contribution in [0.5, 0.6) is 0 Å². The summed E-state index contributed by atoms with van der Waals surface area (Å²) in [4.78, 5) is 2.53. The largest absolute Gasteiger partial charge is 0.390 e. The van der Waals surface area contributed by atoms with Crippen molar-refractivity contribution < 1.29 is 34.3 Å². The number of aliphatic hydroxyl groups excluding tert-OH is 2. The van der Waals surface area contributed by atoms with Crippen LogP contribution in [-0.2, 0) is 18.9 Å². The molecule has 8 heteroatoms. The van der Waals surface area contributed by atoms with E-state index < -0.39 is 23.9 Å². The lowest BCUT2D eigenvalue weighted by molar-refractivity contribution is -0.251. The summed E-state index contributed by atoms with van der Waals surface area (Å²) in [7, 11) is 0. The van der Waals surface area contributed by atoms with Crippen LogP contribution < -0.4 is 0 Å². The maximum Gasteiger partial charge on any atom is 0.170 e. The Morgan fingerprint density at radius 2 is 1.70 bits per heavy atom. The molecule has 8 fully saturated rings. The third-order valence-electron chi connectivity index (χ3n) is 16.6. The lowest BCUT2D eigenvalue weighted by atomic mass is 9.41. The van der Waals surface area contributed by atoms with Crippen LogP contribution in [0.15, 0.2) is 0 Å². The molecule has 5 saturated carbocycles. The minimum Gasteiger partial charge on any atom is -0.390 e. The number of fused-ring (bicyclic) bond motifs is 4. The van der Waals surface area contributed by atoms with Crippen LogP contribution in [0.1, 0.15) is 106 Å². The van der Waals surface area contributed by atoms with Crippen LogP contribution >= 0.6 is 0 Å². The molecule has 0 radical (unpaired) electrons. The van der Waals surface area contributed by atoms with Gasteiger partial charge in [-0.1, -0.05) is 34.6 Å². The highest BCUT2D eigenvalue weighted by molar-refractivity contribution is 5.33. The Morgan fingerprint density at radius 1 is 0.957 bits per heavy atom. The highest BCUT2D eigenvalue weighted by Crippen LogP contribution is 2.89. The number of hydrogen-bond acceptors (Lipinski definition) is 8. The van der Waals surface area contributed by atoms with Crippen molar-refractivity contribution in [3.05, 3.63) is 0 Å². The van der Waals surface area contributed by atoms with Crippen LogP contribution in [0.25, 0.3) is 0 Å². The number of hydrogen-bond donors (Lipinski definition) is 3. The zero-order chi connectivity index (χ0) is 32.7. The molecule has 3 heterocycles. The molecule has 0 amide bonds. The molecule has 0 aromatic rings. The summed E-state index contributed by atoms with van der Waals surface area (Å²) in [5.74, 6) is 1.66. The quantitative estimate of drug-likeness (QED) is 0.394. The fourth-order valence-corrected chi connectivity index (χ4v) is 14.3. The zero-order valence-electron chi connectivity index (χ0n) is 29.7. The van der Waals surface area contributed by atoms with E-state index in [2.05, 4.69) is 39.5 Å². The monoisotopic (exact) mass is 645 g/mol. The topological polar surface area (TPSA) is 101 Å². The molecule has 3 aliphatic heterocycles. The molecule has 8 aliphatic rings. The molecule has 3 N–H and O–H groups in total. The molecule has 262 valence electrons. The van der Waals surface area contributed by atoms with E-state index in [9.17, 15) is 15.3 Å². The van der Waals surface area contributed by atoms with E-state index in [0.29, 0.717) is 29.2 Å². The average Bonchev–Trinajstić information content (AvgIpc) is 3.26. The van der Waals surface area contributed by atoms with Gasteiger partial charge < -0.3 is 34.3 Å². The molecule has 3 saturated heterocycles. The van der Waals surface area contributed by atoms with E-state index >= 15 is 0 Å². The first-order valence-electron chi connectivity index (χ1n) is 18.9. The molecular formula is C38H63NO7. The Hall–Kier alpha value is -0.320. The van der Waals surface area contributed by atoms with Gasteiger partial charge in [0, 0.05) is 31.2 Å². The normalized spacial score (nSPS) is 55.4. The smallest absolute Gasteiger partial charge is 0.170 e. The molecule has 0 aromatic heterocycles. The Kier molecular flexibility index (Phi) is 7.57. The van der Waals surface area contributed by atoms with E-state index in [1.165, 1.54) is 25.7 Å². The third kappa shape index (κ3) is 4.26. The van der Waals surface area contributed by atoms with Gasteiger partial charge >= 0.3 is 0 Å². The van der Waals surface area contributed by atoms with Gasteiger partial charge in [-0.3, -0.25) is 4.90 Å². The molecule has 5 unspecified atom stereocenters. The minimum absolute atomic E-state index is 0.0158. The van der Waals surface area contributed by atoms with Crippen molar-refractivity contribution in [2.24, 2.45) is 50.7 Å². The first kappa shape index (κ1) is 32.9. The van der Waals surface area contributed by atoms with Gasteiger partial charge in [0.05, 0.1) is 43.2 Å². The maximum absolute atomic E-state index is 12.4. The number of ether oxygens (including phenoxy) is 4. The first-order chi connectivity index (χ1) is 21.6. The van der Waals surface area contributed by atoms with E-state index in [1.807, 2.05) is 0 Å². The number of aliphatic hydroxyl groups is 3. The third-order valence-corrected chi connectivity index (χ3v) is 16.6. The second kappa shape index (κ2) is 10.6. The average molecular weight is 646 g/mol. The fraction of sp³-hybridized carbons (Fsp3) is 1.00. The van der Waals surface area contributed by atoms with Gasteiger partial charge in [-0.15, -0.1) is 0 Å². The molecule has 0 aromatic carbocycles. The Bertz CT molecular complexity index is 1180. The van der Waals surface area contributed by atoms with Gasteiger partial charge in [-0.25, -0.2) is 0 Å². The molecule has 8 nitrogen and oxygen atoms in total. The van der Waals surface area contributed by atoms with E-state index in [0.717, 1.165) is 65.0 Å². The predicted molar refractivity (Wildman–Crippen MR) is 174 cm³/mol. The van der Waals surface area contributed by atoms with Gasteiger partial charge in [0.15, 0.2) is 6.29 Å². The van der Waals surface area contributed by atoms with Crippen LogP contribution in [0.2, 0.25) is 0 Å². The summed E-state index contributed by atoms with van der Waals surface area (Å²) < 4.78 is 25.5. The second-order valence-corrected chi connectivity index (χ2v) is 19.1. The van der Waals surface area contributed by atoms with Crippen molar-refractivity contribution >= 4 is 0 Å². The zero-order valence-corrected chi connectivity index (χ0v) is 29.7. The molecule has 0 bridgehead atoms. The van der Waals surface area contributed by atoms with Crippen molar-refractivity contribution in [3.8, 4) is 0 Å². The summed E-state index contributed by atoms with van der Waals surface area (Å²) in [5.41, 5.74) is -0.804. The summed E-state index contributed by atoms with van der Waals surface area (Å²) in [5, 5.41) is 34.1. The van der Waals surface area contributed by atoms with E-state index in [-0.39, 0.29) is 46.1 Å². The van der Waals surface area contributed by atoms with Gasteiger partial charge in [-0.05, 0) is 117 Å². The molecule has 2 spiro atoms. The van der Waals surface area contributed by atoms with Crippen LogP contribution in [0.4, 0.5) is 0 Å². The van der Waals surface area contributed by atoms with Crippen molar-refractivity contribution in [1.29, 1.82) is 0 Å². The second-order valence-electron chi connectivity index (χ2n) is 19.1. The van der Waals surface area contributed by atoms with Gasteiger partial charge in [0.2, 0.25) is 0 Å². The molecule has 15 atom stereocenters. The van der Waals surface area contributed by atoms with Crippen LogP contribution in [0.3, 0.4) is 0 Å². The first-order valence-corrected chi connectivity index (χ1v) is 18.9. The SMILES string of the molecule is C[C@@H]1CC([C@H](O)C(C)(C)O)OC2C1[C@@]1(C)CCC34C[C@@]35CC[C@H](OC3CN([C@H]6CCOC6)CCO3)C(C)(C)[C@@H]5CC[C@H]4[C@]1(C)[C@H]2O. The maximum atomic E-state index is 12.4. The molecule has 5 aliphatic carbocycles. The minimum atomic E-state index is -1.24. The van der Waals surface area contributed by atoms with Crippen molar-refractivity contribution in [2.45, 2.75) is 155 Å². The van der Waals surface area contributed by atoms with Gasteiger partial charge in [0.1, 0.15) is 6.10 Å². The summed E-state index contributed by atoms with van der Waals surface area (Å²) in [6, 6.07) is 0.498. The van der Waals surface area contributed by atoms with Crippen molar-refractivity contribution in [3.63, 3.8) is 0 Å². The summed E-state index contributed by atoms with van der Waals surface area (Å²) in [6.45, 7) is 19.7.